The van der Waals surface area contributed by atoms with Gasteiger partial charge >= 0.3 is 0 Å². The maximum Gasteiger partial charge on any atom is 0.106 e. The number of fused-ring (bicyclic) bond motifs is 1. The lowest BCUT2D eigenvalue weighted by Gasteiger charge is -2.01. The standard InChI is InChI=1S/C11H20N2.C9H7N/c1-8(2)5-10-7-12-11(13-10)6-9(3)4;1-2-6-9-8(4-1)5-3-7-10-9/h7-9H,5-6H2,1-4H3,(H,12,13);1-7H. The predicted octanol–water partition coefficient (Wildman–Crippen LogP) is 5.04. The molecule has 0 unspecified atom stereocenters. The van der Waals surface area contributed by atoms with Crippen LogP contribution in [0.25, 0.3) is 10.9 Å². The molecular formula is C20H27N3. The highest BCUT2D eigenvalue weighted by molar-refractivity contribution is 5.77. The molecule has 0 aliphatic heterocycles. The highest BCUT2D eigenvalue weighted by Gasteiger charge is 2.04. The third-order valence-electron chi connectivity index (χ3n) is 3.42. The highest BCUT2D eigenvalue weighted by Crippen LogP contribution is 2.09. The Morgan fingerprint density at radius 1 is 0.870 bits per heavy atom. The quantitative estimate of drug-likeness (QED) is 0.733. The molecule has 2 heterocycles. The molecule has 0 saturated carbocycles. The van der Waals surface area contributed by atoms with Crippen molar-refractivity contribution in [2.45, 2.75) is 40.5 Å². The molecule has 23 heavy (non-hydrogen) atoms. The third kappa shape index (κ3) is 5.85. The molecule has 0 atom stereocenters. The number of aromatic nitrogens is 3. The lowest BCUT2D eigenvalue weighted by atomic mass is 10.1. The van der Waals surface area contributed by atoms with E-state index >= 15 is 0 Å². The van der Waals surface area contributed by atoms with Crippen LogP contribution in [-0.2, 0) is 12.8 Å². The van der Waals surface area contributed by atoms with E-state index in [1.807, 2.05) is 36.7 Å². The molecule has 2 aromatic heterocycles. The van der Waals surface area contributed by atoms with Gasteiger partial charge in [0.15, 0.2) is 0 Å². The summed E-state index contributed by atoms with van der Waals surface area (Å²) in [5.41, 5.74) is 2.33. The van der Waals surface area contributed by atoms with Crippen LogP contribution in [0.2, 0.25) is 0 Å². The van der Waals surface area contributed by atoms with Gasteiger partial charge in [0.1, 0.15) is 5.82 Å². The van der Waals surface area contributed by atoms with Crippen LogP contribution in [-0.4, -0.2) is 15.0 Å². The number of hydrogen-bond acceptors (Lipinski definition) is 2. The van der Waals surface area contributed by atoms with Gasteiger partial charge in [-0.05, 0) is 30.4 Å². The second-order valence-corrected chi connectivity index (χ2v) is 6.75. The van der Waals surface area contributed by atoms with Crippen LogP contribution in [0.1, 0.15) is 39.2 Å². The lowest BCUT2D eigenvalue weighted by Crippen LogP contribution is -1.97. The molecule has 0 amide bonds. The number of nitrogens with zero attached hydrogens (tertiary/aromatic N) is 2. The van der Waals surface area contributed by atoms with Crippen molar-refractivity contribution in [2.75, 3.05) is 0 Å². The topological polar surface area (TPSA) is 41.6 Å². The number of para-hydroxylation sites is 1. The summed E-state index contributed by atoms with van der Waals surface area (Å²) in [7, 11) is 0. The van der Waals surface area contributed by atoms with Crippen LogP contribution in [0.5, 0.6) is 0 Å². The molecule has 0 fully saturated rings. The summed E-state index contributed by atoms with van der Waals surface area (Å²) in [6.07, 6.45) is 5.93. The van der Waals surface area contributed by atoms with Crippen molar-refractivity contribution in [3.05, 3.63) is 60.3 Å². The van der Waals surface area contributed by atoms with Crippen LogP contribution < -0.4 is 0 Å². The normalized spacial score (nSPS) is 10.9. The number of rotatable bonds is 4. The molecule has 0 bridgehead atoms. The predicted molar refractivity (Wildman–Crippen MR) is 97.4 cm³/mol. The molecular weight excluding hydrogens is 282 g/mol. The zero-order chi connectivity index (χ0) is 16.7. The minimum atomic E-state index is 0.679. The number of imidazole rings is 1. The van der Waals surface area contributed by atoms with Crippen LogP contribution in [0.3, 0.4) is 0 Å². The van der Waals surface area contributed by atoms with Crippen molar-refractivity contribution in [2.24, 2.45) is 11.8 Å². The van der Waals surface area contributed by atoms with E-state index in [0.717, 1.165) is 24.2 Å². The molecule has 3 heteroatoms. The second kappa shape index (κ2) is 8.47. The summed E-state index contributed by atoms with van der Waals surface area (Å²) in [4.78, 5) is 11.9. The summed E-state index contributed by atoms with van der Waals surface area (Å²) in [6, 6.07) is 12.1. The first-order chi connectivity index (χ1) is 11.0. The fraction of sp³-hybridized carbons (Fsp3) is 0.400. The van der Waals surface area contributed by atoms with Gasteiger partial charge in [-0.2, -0.15) is 0 Å². The molecule has 1 aromatic carbocycles. The monoisotopic (exact) mass is 309 g/mol. The maximum absolute atomic E-state index is 4.35. The minimum absolute atomic E-state index is 0.679. The van der Waals surface area contributed by atoms with Gasteiger partial charge in [-0.3, -0.25) is 4.98 Å². The summed E-state index contributed by atoms with van der Waals surface area (Å²) in [5, 5.41) is 1.20. The number of nitrogens with one attached hydrogen (secondary N) is 1. The van der Waals surface area contributed by atoms with Gasteiger partial charge in [0, 0.05) is 29.9 Å². The first kappa shape index (κ1) is 17.2. The van der Waals surface area contributed by atoms with Crippen molar-refractivity contribution in [1.29, 1.82) is 0 Å². The third-order valence-corrected chi connectivity index (χ3v) is 3.42. The van der Waals surface area contributed by atoms with Crippen LogP contribution in [0.15, 0.2) is 48.8 Å². The van der Waals surface area contributed by atoms with Gasteiger partial charge in [-0.15, -0.1) is 0 Å². The smallest absolute Gasteiger partial charge is 0.106 e. The molecule has 3 rings (SSSR count). The summed E-state index contributed by atoms with van der Waals surface area (Å²) < 4.78 is 0. The zero-order valence-electron chi connectivity index (χ0n) is 14.6. The minimum Gasteiger partial charge on any atom is -0.346 e. The first-order valence-corrected chi connectivity index (χ1v) is 8.37. The molecule has 0 aliphatic rings. The Balaban J connectivity index is 0.000000172. The maximum atomic E-state index is 4.35. The zero-order valence-corrected chi connectivity index (χ0v) is 14.6. The Morgan fingerprint density at radius 2 is 1.57 bits per heavy atom. The lowest BCUT2D eigenvalue weighted by molar-refractivity contribution is 0.616. The Hall–Kier alpha value is -2.16. The Morgan fingerprint density at radius 3 is 2.26 bits per heavy atom. The van der Waals surface area contributed by atoms with E-state index in [2.05, 4.69) is 54.8 Å². The fourth-order valence-corrected chi connectivity index (χ4v) is 2.46. The number of H-pyrrole nitrogens is 1. The molecule has 1 N–H and O–H groups in total. The Kier molecular flexibility index (Phi) is 6.33. The summed E-state index contributed by atoms with van der Waals surface area (Å²) >= 11 is 0. The van der Waals surface area contributed by atoms with E-state index in [-0.39, 0.29) is 0 Å². The van der Waals surface area contributed by atoms with Crippen LogP contribution in [0.4, 0.5) is 0 Å². The molecule has 0 spiro atoms. The average Bonchev–Trinajstić information content (AvgIpc) is 2.93. The summed E-state index contributed by atoms with van der Waals surface area (Å²) in [5.74, 6) is 2.51. The number of aromatic amines is 1. The molecule has 0 saturated heterocycles. The summed E-state index contributed by atoms with van der Waals surface area (Å²) in [6.45, 7) is 8.88. The number of hydrogen-bond donors (Lipinski definition) is 1. The van der Waals surface area contributed by atoms with Gasteiger partial charge in [0.05, 0.1) is 5.52 Å². The largest absolute Gasteiger partial charge is 0.346 e. The molecule has 122 valence electrons. The van der Waals surface area contributed by atoms with Gasteiger partial charge in [0.25, 0.3) is 0 Å². The first-order valence-electron chi connectivity index (χ1n) is 8.37. The van der Waals surface area contributed by atoms with E-state index < -0.39 is 0 Å². The van der Waals surface area contributed by atoms with E-state index in [1.54, 1.807) is 0 Å². The highest BCUT2D eigenvalue weighted by atomic mass is 14.9. The van der Waals surface area contributed by atoms with Crippen LogP contribution in [0, 0.1) is 11.8 Å². The van der Waals surface area contributed by atoms with Crippen molar-refractivity contribution in [3.63, 3.8) is 0 Å². The van der Waals surface area contributed by atoms with Crippen molar-refractivity contribution >= 4 is 10.9 Å². The molecule has 0 aliphatic carbocycles. The number of pyridine rings is 1. The van der Waals surface area contributed by atoms with Crippen LogP contribution >= 0.6 is 0 Å². The second-order valence-electron chi connectivity index (χ2n) is 6.75. The van der Waals surface area contributed by atoms with E-state index in [0.29, 0.717) is 11.8 Å². The van der Waals surface area contributed by atoms with Gasteiger partial charge in [-0.25, -0.2) is 4.98 Å². The van der Waals surface area contributed by atoms with Crippen molar-refractivity contribution in [3.8, 4) is 0 Å². The fourth-order valence-electron chi connectivity index (χ4n) is 2.46. The molecule has 0 radical (unpaired) electrons. The van der Waals surface area contributed by atoms with E-state index in [9.17, 15) is 0 Å². The Bertz CT molecular complexity index is 623. The SMILES string of the molecule is CC(C)Cc1cnc(CC(C)C)[nH]1.c1ccc2ncccc2c1. The van der Waals surface area contributed by atoms with Gasteiger partial charge in [-0.1, -0.05) is 52.0 Å². The van der Waals surface area contributed by atoms with Crippen molar-refractivity contribution < 1.29 is 0 Å². The van der Waals surface area contributed by atoms with E-state index in [1.165, 1.54) is 11.1 Å². The Labute approximate surface area is 139 Å². The van der Waals surface area contributed by atoms with Crippen molar-refractivity contribution in [1.82, 2.24) is 15.0 Å². The molecule has 3 aromatic rings. The number of benzene rings is 1. The van der Waals surface area contributed by atoms with Gasteiger partial charge in [0.2, 0.25) is 0 Å². The average molecular weight is 309 g/mol. The van der Waals surface area contributed by atoms with Gasteiger partial charge < -0.3 is 4.98 Å². The molecule has 3 nitrogen and oxygen atoms in total. The van der Waals surface area contributed by atoms with E-state index in [4.69, 9.17) is 0 Å².